The lowest BCUT2D eigenvalue weighted by Gasteiger charge is -2.22. The van der Waals surface area contributed by atoms with Gasteiger partial charge in [0.2, 0.25) is 0 Å². The summed E-state index contributed by atoms with van der Waals surface area (Å²) in [4.78, 5) is 24.2. The number of nitrogens with two attached hydrogens (primary N) is 1. The Morgan fingerprint density at radius 3 is 2.97 bits per heavy atom. The second-order valence-electron chi connectivity index (χ2n) is 8.61. The van der Waals surface area contributed by atoms with Crippen molar-refractivity contribution in [2.24, 2.45) is 5.92 Å². The predicted molar refractivity (Wildman–Crippen MR) is 115 cm³/mol. The number of aryl methyl sites for hydroxylation is 2. The number of nitrogens with zero attached hydrogens (tertiary/aromatic N) is 4. The van der Waals surface area contributed by atoms with Crippen molar-refractivity contribution in [1.29, 1.82) is 0 Å². The molecule has 8 heteroatoms. The minimum Gasteiger partial charge on any atom is -0.460 e. The Hall–Kier alpha value is -3.00. The van der Waals surface area contributed by atoms with Crippen LogP contribution >= 0.6 is 0 Å². The molecule has 0 amide bonds. The van der Waals surface area contributed by atoms with E-state index in [9.17, 15) is 9.90 Å². The second kappa shape index (κ2) is 8.26. The van der Waals surface area contributed by atoms with Crippen LogP contribution in [0.5, 0.6) is 0 Å². The van der Waals surface area contributed by atoms with Gasteiger partial charge in [0.05, 0.1) is 17.5 Å². The van der Waals surface area contributed by atoms with Crippen LogP contribution in [-0.4, -0.2) is 43.3 Å². The lowest BCUT2D eigenvalue weighted by atomic mass is 9.88. The summed E-state index contributed by atoms with van der Waals surface area (Å²) in [6.45, 7) is 0.428. The third-order valence-corrected chi connectivity index (χ3v) is 6.97. The first kappa shape index (κ1) is 19.9. The second-order valence-corrected chi connectivity index (χ2v) is 8.61. The first-order chi connectivity index (χ1) is 15.2. The number of hydrogen-bond acceptors (Lipinski definition) is 7. The number of anilines is 1. The van der Waals surface area contributed by atoms with Crippen molar-refractivity contribution < 1.29 is 14.6 Å². The van der Waals surface area contributed by atoms with Crippen LogP contribution in [0.2, 0.25) is 0 Å². The fourth-order valence-corrected chi connectivity index (χ4v) is 5.40. The molecule has 31 heavy (non-hydrogen) atoms. The standard InChI is InChI=1S/C23H27N5O3/c24-22-17-8-10-28(23(17)27-12-26-22)19-11-15(20(30)21(19)31-13-29)6-5-14-7-9-25-18-4-2-1-3-16(14)18/h7-10,12-13,15,19-21,30H,1-6,11H2,(H2,24,26,27)/t15-,19-,20-,21+/m1/s1. The molecule has 162 valence electrons. The summed E-state index contributed by atoms with van der Waals surface area (Å²) in [5, 5.41) is 11.8. The zero-order chi connectivity index (χ0) is 21.4. The van der Waals surface area contributed by atoms with E-state index in [1.54, 1.807) is 0 Å². The van der Waals surface area contributed by atoms with E-state index >= 15 is 0 Å². The van der Waals surface area contributed by atoms with E-state index in [0.29, 0.717) is 24.4 Å². The molecule has 2 aliphatic carbocycles. The third kappa shape index (κ3) is 3.54. The highest BCUT2D eigenvalue weighted by molar-refractivity contribution is 5.86. The molecule has 0 radical (unpaired) electrons. The number of hydrogen-bond donors (Lipinski definition) is 2. The highest BCUT2D eigenvalue weighted by Gasteiger charge is 2.45. The number of aliphatic hydroxyl groups excluding tert-OH is 1. The van der Waals surface area contributed by atoms with Gasteiger partial charge in [-0.15, -0.1) is 0 Å². The summed E-state index contributed by atoms with van der Waals surface area (Å²) in [5.41, 5.74) is 10.6. The molecule has 0 unspecified atom stereocenters. The highest BCUT2D eigenvalue weighted by atomic mass is 16.5. The number of carbonyl (C=O) groups is 1. The SMILES string of the molecule is Nc1ncnc2c1ccn2[C@@H]1C[C@@H](CCc2ccnc3c2CCCC3)[C@@H](O)[C@H]1OC=O. The van der Waals surface area contributed by atoms with Crippen LogP contribution < -0.4 is 5.73 Å². The van der Waals surface area contributed by atoms with Crippen molar-refractivity contribution in [2.45, 2.75) is 63.2 Å². The maximum Gasteiger partial charge on any atom is 0.293 e. The van der Waals surface area contributed by atoms with Gasteiger partial charge in [-0.05, 0) is 74.1 Å². The van der Waals surface area contributed by atoms with Crippen LogP contribution in [-0.2, 0) is 28.8 Å². The van der Waals surface area contributed by atoms with Crippen LogP contribution in [0, 0.1) is 5.92 Å². The van der Waals surface area contributed by atoms with Crippen LogP contribution in [0.15, 0.2) is 30.9 Å². The molecule has 8 nitrogen and oxygen atoms in total. The third-order valence-electron chi connectivity index (χ3n) is 6.97. The summed E-state index contributed by atoms with van der Waals surface area (Å²) in [5.74, 6) is 0.424. The molecule has 3 aromatic heterocycles. The van der Waals surface area contributed by atoms with Crippen LogP contribution in [0.4, 0.5) is 5.82 Å². The Morgan fingerprint density at radius 1 is 1.23 bits per heavy atom. The molecule has 0 spiro atoms. The van der Waals surface area contributed by atoms with E-state index in [0.717, 1.165) is 31.1 Å². The van der Waals surface area contributed by atoms with Crippen LogP contribution in [0.25, 0.3) is 11.0 Å². The maximum absolute atomic E-state index is 11.2. The normalized spacial score (nSPS) is 25.5. The van der Waals surface area contributed by atoms with Gasteiger partial charge in [-0.3, -0.25) is 9.78 Å². The molecule has 0 aromatic carbocycles. The Morgan fingerprint density at radius 2 is 2.10 bits per heavy atom. The van der Waals surface area contributed by atoms with E-state index in [4.69, 9.17) is 10.5 Å². The molecule has 0 bridgehead atoms. The number of aliphatic hydroxyl groups is 1. The van der Waals surface area contributed by atoms with Crippen molar-refractivity contribution in [3.8, 4) is 0 Å². The van der Waals surface area contributed by atoms with Gasteiger partial charge in [-0.2, -0.15) is 0 Å². The lowest BCUT2D eigenvalue weighted by Crippen LogP contribution is -2.32. The minimum absolute atomic E-state index is 0.0130. The molecule has 1 saturated carbocycles. The molecular formula is C23H27N5O3. The Kier molecular flexibility index (Phi) is 5.31. The predicted octanol–water partition coefficient (Wildman–Crippen LogP) is 2.38. The summed E-state index contributed by atoms with van der Waals surface area (Å²) >= 11 is 0. The fraction of sp³-hybridized carbons (Fsp3) is 0.478. The Bertz CT molecular complexity index is 1100. The van der Waals surface area contributed by atoms with Crippen molar-refractivity contribution >= 4 is 23.3 Å². The van der Waals surface area contributed by atoms with Crippen molar-refractivity contribution in [3.05, 3.63) is 47.7 Å². The molecular weight excluding hydrogens is 394 g/mol. The van der Waals surface area contributed by atoms with Crippen LogP contribution in [0.1, 0.15) is 48.5 Å². The smallest absolute Gasteiger partial charge is 0.293 e. The van der Waals surface area contributed by atoms with Crippen molar-refractivity contribution in [3.63, 3.8) is 0 Å². The van der Waals surface area contributed by atoms with Crippen molar-refractivity contribution in [1.82, 2.24) is 19.5 Å². The number of fused-ring (bicyclic) bond motifs is 2. The Balaban J connectivity index is 1.38. The summed E-state index contributed by atoms with van der Waals surface area (Å²) in [7, 11) is 0. The molecule has 0 saturated heterocycles. The van der Waals surface area contributed by atoms with Gasteiger partial charge in [-0.1, -0.05) is 0 Å². The average Bonchev–Trinajstić information content (AvgIpc) is 3.35. The molecule has 2 aliphatic rings. The number of nitrogen functional groups attached to an aromatic ring is 1. The van der Waals surface area contributed by atoms with E-state index < -0.39 is 12.2 Å². The first-order valence-electron chi connectivity index (χ1n) is 11.0. The monoisotopic (exact) mass is 421 g/mol. The van der Waals surface area contributed by atoms with Gasteiger partial charge in [-0.25, -0.2) is 9.97 Å². The minimum atomic E-state index is -0.732. The van der Waals surface area contributed by atoms with Gasteiger partial charge in [0.25, 0.3) is 6.47 Å². The molecule has 5 rings (SSSR count). The highest BCUT2D eigenvalue weighted by Crippen LogP contribution is 2.41. The lowest BCUT2D eigenvalue weighted by molar-refractivity contribution is -0.140. The molecule has 4 atom stereocenters. The molecule has 0 aliphatic heterocycles. The number of carbonyl (C=O) groups excluding carboxylic acids is 1. The Labute approximate surface area is 180 Å². The first-order valence-corrected chi connectivity index (χ1v) is 11.0. The maximum atomic E-state index is 11.2. The quantitative estimate of drug-likeness (QED) is 0.587. The van der Waals surface area contributed by atoms with E-state index in [2.05, 4.69) is 21.0 Å². The fourth-order valence-electron chi connectivity index (χ4n) is 5.40. The topological polar surface area (TPSA) is 116 Å². The zero-order valence-electron chi connectivity index (χ0n) is 17.4. The molecule has 1 fully saturated rings. The summed E-state index contributed by atoms with van der Waals surface area (Å²) < 4.78 is 7.32. The van der Waals surface area contributed by atoms with Gasteiger partial charge in [0.1, 0.15) is 23.9 Å². The molecule has 3 heterocycles. The largest absolute Gasteiger partial charge is 0.460 e. The number of aromatic nitrogens is 4. The van der Waals surface area contributed by atoms with Gasteiger partial charge in [0.15, 0.2) is 0 Å². The summed E-state index contributed by atoms with van der Waals surface area (Å²) in [6, 6.07) is 3.77. The van der Waals surface area contributed by atoms with E-state index in [1.165, 1.54) is 36.0 Å². The number of ether oxygens (including phenoxy) is 1. The summed E-state index contributed by atoms with van der Waals surface area (Å²) in [6.07, 6.45) is 10.8. The molecule has 3 aromatic rings. The van der Waals surface area contributed by atoms with Crippen molar-refractivity contribution in [2.75, 3.05) is 5.73 Å². The van der Waals surface area contributed by atoms with E-state index in [-0.39, 0.29) is 12.0 Å². The van der Waals surface area contributed by atoms with Crippen LogP contribution in [0.3, 0.4) is 0 Å². The molecule has 3 N–H and O–H groups in total. The van der Waals surface area contributed by atoms with Gasteiger partial charge in [0, 0.05) is 18.1 Å². The van der Waals surface area contributed by atoms with Gasteiger partial charge >= 0.3 is 0 Å². The zero-order valence-corrected chi connectivity index (χ0v) is 17.4. The van der Waals surface area contributed by atoms with E-state index in [1.807, 2.05) is 23.0 Å². The average molecular weight is 422 g/mol. The number of pyridine rings is 1. The van der Waals surface area contributed by atoms with Gasteiger partial charge < -0.3 is 20.1 Å². The number of rotatable bonds is 6.